The molecule has 0 spiro atoms. The molecule has 6 nitrogen and oxygen atoms in total. The van der Waals surface area contributed by atoms with Gasteiger partial charge < -0.3 is 14.6 Å². The van der Waals surface area contributed by atoms with Gasteiger partial charge in [0.2, 0.25) is 0 Å². The van der Waals surface area contributed by atoms with E-state index in [4.69, 9.17) is 10.00 Å². The number of benzene rings is 2. The molecule has 0 aliphatic rings. The fourth-order valence-electron chi connectivity index (χ4n) is 3.15. The van der Waals surface area contributed by atoms with Crippen LogP contribution in [0, 0.1) is 32.1 Å². The Morgan fingerprint density at radius 1 is 1.07 bits per heavy atom. The van der Waals surface area contributed by atoms with Crippen molar-refractivity contribution in [2.24, 2.45) is 0 Å². The molecule has 0 aliphatic carbocycles. The molecule has 1 heterocycles. The Bertz CT molecular complexity index is 1110. The number of nitriles is 1. The minimum Gasteiger partial charge on any atom is -0.452 e. The zero-order chi connectivity index (χ0) is 21.0. The summed E-state index contributed by atoms with van der Waals surface area (Å²) < 4.78 is 7.16. The van der Waals surface area contributed by atoms with Crippen LogP contribution in [-0.4, -0.2) is 23.1 Å². The van der Waals surface area contributed by atoms with Crippen molar-refractivity contribution < 1.29 is 14.3 Å². The van der Waals surface area contributed by atoms with Gasteiger partial charge in [0.1, 0.15) is 6.07 Å². The minimum atomic E-state index is -0.569. The van der Waals surface area contributed by atoms with Crippen LogP contribution in [0.5, 0.6) is 0 Å². The zero-order valence-corrected chi connectivity index (χ0v) is 16.5. The van der Waals surface area contributed by atoms with Crippen LogP contribution in [0.1, 0.15) is 32.9 Å². The second-order valence-electron chi connectivity index (χ2n) is 6.74. The molecule has 0 radical (unpaired) electrons. The van der Waals surface area contributed by atoms with Gasteiger partial charge in [-0.1, -0.05) is 29.8 Å². The maximum absolute atomic E-state index is 12.5. The number of hydrogen-bond acceptors (Lipinski definition) is 4. The lowest BCUT2D eigenvalue weighted by Gasteiger charge is -2.10. The van der Waals surface area contributed by atoms with Crippen LogP contribution in [-0.2, 0) is 9.53 Å². The first-order valence-electron chi connectivity index (χ1n) is 9.13. The number of aromatic nitrogens is 1. The van der Waals surface area contributed by atoms with Crippen molar-refractivity contribution in [3.05, 3.63) is 82.7 Å². The molecule has 0 unspecified atom stereocenters. The molecule has 6 heteroatoms. The van der Waals surface area contributed by atoms with Gasteiger partial charge in [0.25, 0.3) is 5.91 Å². The predicted molar refractivity (Wildman–Crippen MR) is 110 cm³/mol. The Balaban J connectivity index is 1.70. The second kappa shape index (κ2) is 8.44. The molecular formula is C23H21N3O3. The highest BCUT2D eigenvalue weighted by atomic mass is 16.5. The molecule has 0 aliphatic heterocycles. The van der Waals surface area contributed by atoms with E-state index in [0.717, 1.165) is 22.6 Å². The summed E-state index contributed by atoms with van der Waals surface area (Å²) in [5.74, 6) is -1.08. The quantitative estimate of drug-likeness (QED) is 0.669. The van der Waals surface area contributed by atoms with E-state index < -0.39 is 18.5 Å². The van der Waals surface area contributed by atoms with Crippen molar-refractivity contribution in [2.75, 3.05) is 11.9 Å². The number of nitrogens with one attached hydrogen (secondary N) is 1. The topological polar surface area (TPSA) is 84.1 Å². The van der Waals surface area contributed by atoms with Gasteiger partial charge in [-0.2, -0.15) is 5.26 Å². The monoisotopic (exact) mass is 387 g/mol. The Morgan fingerprint density at radius 3 is 2.45 bits per heavy atom. The highest BCUT2D eigenvalue weighted by Gasteiger charge is 2.19. The molecule has 0 fully saturated rings. The van der Waals surface area contributed by atoms with Crippen LogP contribution in [0.4, 0.5) is 5.69 Å². The standard InChI is InChI=1S/C23H21N3O3/c1-15-8-10-19(11-9-15)26-16(2)12-20(17(26)3)23(28)29-14-22(27)25-21-7-5-4-6-18(21)13-24/h4-12H,14H2,1-3H3,(H,25,27). The number of ether oxygens (including phenoxy) is 1. The maximum Gasteiger partial charge on any atom is 0.340 e. The van der Waals surface area contributed by atoms with E-state index in [1.165, 1.54) is 0 Å². The van der Waals surface area contributed by atoms with Crippen molar-refractivity contribution >= 4 is 17.6 Å². The van der Waals surface area contributed by atoms with Crippen LogP contribution in [0.15, 0.2) is 54.6 Å². The van der Waals surface area contributed by atoms with Crippen molar-refractivity contribution in [1.29, 1.82) is 5.26 Å². The summed E-state index contributed by atoms with van der Waals surface area (Å²) in [6, 6.07) is 18.4. The third kappa shape index (κ3) is 4.36. The molecule has 3 rings (SSSR count). The van der Waals surface area contributed by atoms with E-state index in [1.807, 2.05) is 55.7 Å². The number of amides is 1. The van der Waals surface area contributed by atoms with Gasteiger partial charge in [0.15, 0.2) is 6.61 Å². The lowest BCUT2D eigenvalue weighted by Crippen LogP contribution is -2.21. The van der Waals surface area contributed by atoms with Crippen LogP contribution in [0.25, 0.3) is 5.69 Å². The lowest BCUT2D eigenvalue weighted by molar-refractivity contribution is -0.119. The van der Waals surface area contributed by atoms with E-state index in [9.17, 15) is 9.59 Å². The Hall–Kier alpha value is -3.85. The SMILES string of the molecule is Cc1ccc(-n2c(C)cc(C(=O)OCC(=O)Nc3ccccc3C#N)c2C)cc1. The predicted octanol–water partition coefficient (Wildman–Crippen LogP) is 4.07. The number of hydrogen-bond donors (Lipinski definition) is 1. The average Bonchev–Trinajstić information content (AvgIpc) is 3.01. The Kier molecular flexibility index (Phi) is 5.79. The highest BCUT2D eigenvalue weighted by Crippen LogP contribution is 2.22. The third-order valence-electron chi connectivity index (χ3n) is 4.60. The molecule has 1 aromatic heterocycles. The summed E-state index contributed by atoms with van der Waals surface area (Å²) in [5, 5.41) is 11.7. The van der Waals surface area contributed by atoms with Gasteiger partial charge in [-0.25, -0.2) is 4.79 Å². The fraction of sp³-hybridized carbons (Fsp3) is 0.174. The maximum atomic E-state index is 12.5. The van der Waals surface area contributed by atoms with E-state index in [1.54, 1.807) is 30.3 Å². The molecule has 1 N–H and O–H groups in total. The molecule has 3 aromatic rings. The fourth-order valence-corrected chi connectivity index (χ4v) is 3.15. The number of carbonyl (C=O) groups excluding carboxylic acids is 2. The van der Waals surface area contributed by atoms with Gasteiger partial charge in [-0.3, -0.25) is 4.79 Å². The van der Waals surface area contributed by atoms with Crippen molar-refractivity contribution in [3.8, 4) is 11.8 Å². The molecular weight excluding hydrogens is 366 g/mol. The smallest absolute Gasteiger partial charge is 0.340 e. The van der Waals surface area contributed by atoms with Gasteiger partial charge in [-0.15, -0.1) is 0 Å². The number of anilines is 1. The van der Waals surface area contributed by atoms with E-state index in [0.29, 0.717) is 16.8 Å². The molecule has 0 saturated carbocycles. The number of rotatable bonds is 5. The van der Waals surface area contributed by atoms with Crippen molar-refractivity contribution in [2.45, 2.75) is 20.8 Å². The summed E-state index contributed by atoms with van der Waals surface area (Å²) in [4.78, 5) is 24.7. The molecule has 146 valence electrons. The number of para-hydroxylation sites is 1. The van der Waals surface area contributed by atoms with Crippen molar-refractivity contribution in [3.63, 3.8) is 0 Å². The normalized spacial score (nSPS) is 10.3. The summed E-state index contributed by atoms with van der Waals surface area (Å²) in [7, 11) is 0. The van der Waals surface area contributed by atoms with Crippen LogP contribution >= 0.6 is 0 Å². The lowest BCUT2D eigenvalue weighted by atomic mass is 10.2. The van der Waals surface area contributed by atoms with Crippen LogP contribution in [0.2, 0.25) is 0 Å². The summed E-state index contributed by atoms with van der Waals surface area (Å²) in [5.41, 5.74) is 4.88. The van der Waals surface area contributed by atoms with Gasteiger partial charge in [0, 0.05) is 17.1 Å². The first kappa shape index (κ1) is 19.9. The Morgan fingerprint density at radius 2 is 1.76 bits per heavy atom. The molecule has 2 aromatic carbocycles. The summed E-state index contributed by atoms with van der Waals surface area (Å²) in [6.45, 7) is 5.33. The minimum absolute atomic E-state index is 0.341. The number of nitrogens with zero attached hydrogens (tertiary/aromatic N) is 2. The summed E-state index contributed by atoms with van der Waals surface area (Å²) in [6.07, 6.45) is 0. The second-order valence-corrected chi connectivity index (χ2v) is 6.74. The van der Waals surface area contributed by atoms with E-state index >= 15 is 0 Å². The first-order chi connectivity index (χ1) is 13.9. The van der Waals surface area contributed by atoms with Gasteiger partial charge in [-0.05, 0) is 51.1 Å². The average molecular weight is 387 g/mol. The number of esters is 1. The first-order valence-corrected chi connectivity index (χ1v) is 9.13. The third-order valence-corrected chi connectivity index (χ3v) is 4.60. The number of carbonyl (C=O) groups is 2. The van der Waals surface area contributed by atoms with Crippen LogP contribution < -0.4 is 5.32 Å². The zero-order valence-electron chi connectivity index (χ0n) is 16.5. The molecule has 1 amide bonds. The summed E-state index contributed by atoms with van der Waals surface area (Å²) >= 11 is 0. The molecule has 0 saturated heterocycles. The molecule has 0 bridgehead atoms. The number of aryl methyl sites for hydroxylation is 2. The van der Waals surface area contributed by atoms with E-state index in [2.05, 4.69) is 5.32 Å². The van der Waals surface area contributed by atoms with Crippen molar-refractivity contribution in [1.82, 2.24) is 4.57 Å². The van der Waals surface area contributed by atoms with Crippen LogP contribution in [0.3, 0.4) is 0 Å². The Labute approximate surface area is 169 Å². The molecule has 29 heavy (non-hydrogen) atoms. The highest BCUT2D eigenvalue weighted by molar-refractivity contribution is 5.96. The van der Waals surface area contributed by atoms with Gasteiger partial charge >= 0.3 is 5.97 Å². The molecule has 0 atom stereocenters. The largest absolute Gasteiger partial charge is 0.452 e. The van der Waals surface area contributed by atoms with Gasteiger partial charge in [0.05, 0.1) is 16.8 Å². The van der Waals surface area contributed by atoms with E-state index in [-0.39, 0.29) is 0 Å².